The van der Waals surface area contributed by atoms with E-state index in [1.54, 1.807) is 24.8 Å². The van der Waals surface area contributed by atoms with Crippen molar-refractivity contribution < 1.29 is 4.74 Å². The average molecular weight is 418 g/mol. The minimum Gasteiger partial charge on any atom is -0.487 e. The third-order valence-electron chi connectivity index (χ3n) is 5.38. The average Bonchev–Trinajstić information content (AvgIpc) is 3.47. The molecule has 2 N–H and O–H groups in total. The van der Waals surface area contributed by atoms with Crippen molar-refractivity contribution in [3.63, 3.8) is 0 Å². The number of hydrogen-bond acceptors (Lipinski definition) is 5. The predicted octanol–water partition coefficient (Wildman–Crippen LogP) is 5.14. The molecule has 5 aromatic heterocycles. The van der Waals surface area contributed by atoms with Gasteiger partial charge in [-0.2, -0.15) is 5.10 Å². The molecule has 0 fully saturated rings. The summed E-state index contributed by atoms with van der Waals surface area (Å²) < 4.78 is 5.93. The van der Waals surface area contributed by atoms with Crippen molar-refractivity contribution >= 4 is 21.8 Å². The van der Waals surface area contributed by atoms with Gasteiger partial charge in [0.05, 0.1) is 29.3 Å². The first-order valence-corrected chi connectivity index (χ1v) is 10.2. The van der Waals surface area contributed by atoms with Crippen LogP contribution in [0.25, 0.3) is 44.5 Å². The largest absolute Gasteiger partial charge is 0.487 e. The van der Waals surface area contributed by atoms with Gasteiger partial charge in [0.2, 0.25) is 0 Å². The van der Waals surface area contributed by atoms with Gasteiger partial charge in [-0.25, -0.2) is 0 Å². The number of rotatable bonds is 5. The molecular weight excluding hydrogens is 400 g/mol. The number of hydrogen-bond donors (Lipinski definition) is 2. The van der Waals surface area contributed by atoms with Gasteiger partial charge in [0.15, 0.2) is 0 Å². The van der Waals surface area contributed by atoms with Crippen LogP contribution in [0.3, 0.4) is 0 Å². The number of aromatic amines is 2. The molecule has 7 heteroatoms. The summed E-state index contributed by atoms with van der Waals surface area (Å²) in [5, 5.41) is 9.61. The first-order chi connectivity index (χ1) is 15.8. The summed E-state index contributed by atoms with van der Waals surface area (Å²) >= 11 is 0. The lowest BCUT2D eigenvalue weighted by Gasteiger charge is -2.08. The lowest BCUT2D eigenvalue weighted by Crippen LogP contribution is -1.96. The first kappa shape index (κ1) is 18.3. The second-order valence-corrected chi connectivity index (χ2v) is 7.52. The van der Waals surface area contributed by atoms with Gasteiger partial charge in [-0.05, 0) is 29.8 Å². The molecule has 6 aromatic rings. The van der Waals surface area contributed by atoms with E-state index in [0.29, 0.717) is 12.4 Å². The van der Waals surface area contributed by atoms with Gasteiger partial charge in [0.25, 0.3) is 0 Å². The van der Waals surface area contributed by atoms with E-state index in [1.165, 1.54) is 0 Å². The molecule has 0 atom stereocenters. The maximum atomic E-state index is 5.93. The molecule has 5 heterocycles. The van der Waals surface area contributed by atoms with Crippen molar-refractivity contribution in [1.29, 1.82) is 0 Å². The van der Waals surface area contributed by atoms with Gasteiger partial charge in [-0.3, -0.25) is 20.1 Å². The van der Waals surface area contributed by atoms with Crippen molar-refractivity contribution in [2.24, 2.45) is 0 Å². The third kappa shape index (κ3) is 3.35. The van der Waals surface area contributed by atoms with E-state index in [1.807, 2.05) is 54.7 Å². The van der Waals surface area contributed by atoms with Crippen LogP contribution in [-0.2, 0) is 6.61 Å². The summed E-state index contributed by atoms with van der Waals surface area (Å²) in [4.78, 5) is 16.6. The molecule has 32 heavy (non-hydrogen) atoms. The molecule has 0 amide bonds. The Balaban J connectivity index is 1.34. The van der Waals surface area contributed by atoms with Gasteiger partial charge >= 0.3 is 0 Å². The molecule has 1 aromatic carbocycles. The molecule has 0 radical (unpaired) electrons. The fraction of sp³-hybridized carbons (Fsp3) is 0.0400. The molecule has 0 aliphatic heterocycles. The van der Waals surface area contributed by atoms with Gasteiger partial charge in [-0.1, -0.05) is 30.3 Å². The highest BCUT2D eigenvalue weighted by molar-refractivity contribution is 5.96. The summed E-state index contributed by atoms with van der Waals surface area (Å²) in [6.07, 6.45) is 8.91. The highest BCUT2D eigenvalue weighted by Crippen LogP contribution is 2.31. The topological polar surface area (TPSA) is 92.4 Å². The maximum absolute atomic E-state index is 5.93. The highest BCUT2D eigenvalue weighted by atomic mass is 16.5. The van der Waals surface area contributed by atoms with E-state index in [-0.39, 0.29) is 0 Å². The number of benzene rings is 1. The summed E-state index contributed by atoms with van der Waals surface area (Å²) in [5.74, 6) is 0.698. The van der Waals surface area contributed by atoms with Crippen LogP contribution >= 0.6 is 0 Å². The Morgan fingerprint density at radius 3 is 2.69 bits per heavy atom. The van der Waals surface area contributed by atoms with Crippen LogP contribution in [0.1, 0.15) is 5.56 Å². The zero-order valence-corrected chi connectivity index (χ0v) is 17.0. The van der Waals surface area contributed by atoms with Crippen LogP contribution in [-0.4, -0.2) is 30.1 Å². The maximum Gasteiger partial charge on any atom is 0.138 e. The molecule has 6 rings (SSSR count). The monoisotopic (exact) mass is 418 g/mol. The summed E-state index contributed by atoms with van der Waals surface area (Å²) in [7, 11) is 0. The first-order valence-electron chi connectivity index (χ1n) is 10.2. The van der Waals surface area contributed by atoms with Crippen LogP contribution in [0, 0.1) is 0 Å². The Labute approximate surface area is 183 Å². The smallest absolute Gasteiger partial charge is 0.138 e. The standard InChI is InChI=1S/C25H18N6O/c1-2-4-16(5-3-1)15-32-19-8-17(12-27-13-19)22-10-20-24(14-28-22)30-31-25(20)23-9-18-11-26-7-6-21(18)29-23/h1-14,29H,15H2,(H,30,31). The molecule has 0 saturated heterocycles. The van der Waals surface area contributed by atoms with Crippen LogP contribution in [0.15, 0.2) is 85.6 Å². The number of pyridine rings is 3. The summed E-state index contributed by atoms with van der Waals surface area (Å²) in [5.41, 5.74) is 6.44. The van der Waals surface area contributed by atoms with E-state index in [0.717, 1.165) is 50.0 Å². The fourth-order valence-corrected chi connectivity index (χ4v) is 3.76. The zero-order chi connectivity index (χ0) is 21.3. The van der Waals surface area contributed by atoms with E-state index in [2.05, 4.69) is 36.2 Å². The molecular formula is C25H18N6O. The van der Waals surface area contributed by atoms with E-state index in [9.17, 15) is 0 Å². The Bertz CT molecular complexity index is 1500. The SMILES string of the molecule is c1ccc(COc2cncc(-c3cc4c(-c5cc6cnccc6[nH]5)n[nH]c4cn3)c2)cc1. The van der Waals surface area contributed by atoms with E-state index >= 15 is 0 Å². The van der Waals surface area contributed by atoms with Crippen molar-refractivity contribution in [2.75, 3.05) is 0 Å². The second-order valence-electron chi connectivity index (χ2n) is 7.52. The lowest BCUT2D eigenvalue weighted by molar-refractivity contribution is 0.305. The number of nitrogens with zero attached hydrogens (tertiary/aromatic N) is 4. The summed E-state index contributed by atoms with van der Waals surface area (Å²) in [6, 6.07) is 18.0. The Kier molecular flexibility index (Phi) is 4.35. The zero-order valence-electron chi connectivity index (χ0n) is 17.0. The molecule has 0 spiro atoms. The second kappa shape index (κ2) is 7.63. The van der Waals surface area contributed by atoms with Gasteiger partial charge < -0.3 is 9.72 Å². The number of H-pyrrole nitrogens is 2. The molecule has 0 aliphatic carbocycles. The molecule has 0 unspecified atom stereocenters. The molecule has 0 saturated carbocycles. The minimum atomic E-state index is 0.486. The van der Waals surface area contributed by atoms with Crippen LogP contribution < -0.4 is 4.74 Å². The predicted molar refractivity (Wildman–Crippen MR) is 123 cm³/mol. The van der Waals surface area contributed by atoms with E-state index in [4.69, 9.17) is 4.74 Å². The highest BCUT2D eigenvalue weighted by Gasteiger charge is 2.13. The van der Waals surface area contributed by atoms with Crippen molar-refractivity contribution in [3.05, 3.63) is 91.1 Å². The lowest BCUT2D eigenvalue weighted by atomic mass is 10.1. The Morgan fingerprint density at radius 2 is 1.78 bits per heavy atom. The number of fused-ring (bicyclic) bond motifs is 2. The normalized spacial score (nSPS) is 11.2. The quantitative estimate of drug-likeness (QED) is 0.404. The van der Waals surface area contributed by atoms with Crippen LogP contribution in [0.2, 0.25) is 0 Å². The number of aromatic nitrogens is 6. The Morgan fingerprint density at radius 1 is 0.844 bits per heavy atom. The van der Waals surface area contributed by atoms with Gasteiger partial charge in [-0.15, -0.1) is 0 Å². The van der Waals surface area contributed by atoms with Crippen molar-refractivity contribution in [2.45, 2.75) is 6.61 Å². The van der Waals surface area contributed by atoms with Gasteiger partial charge in [0.1, 0.15) is 18.1 Å². The van der Waals surface area contributed by atoms with Crippen molar-refractivity contribution in [3.8, 4) is 28.4 Å². The minimum absolute atomic E-state index is 0.486. The fourth-order valence-electron chi connectivity index (χ4n) is 3.76. The molecule has 0 bridgehead atoms. The summed E-state index contributed by atoms with van der Waals surface area (Å²) in [6.45, 7) is 0.486. The third-order valence-corrected chi connectivity index (χ3v) is 5.38. The Hall–Kier alpha value is -4.52. The molecule has 154 valence electrons. The van der Waals surface area contributed by atoms with Crippen LogP contribution in [0.4, 0.5) is 0 Å². The molecule has 7 nitrogen and oxygen atoms in total. The van der Waals surface area contributed by atoms with E-state index < -0.39 is 0 Å². The number of nitrogens with one attached hydrogen (secondary N) is 2. The number of ether oxygens (including phenoxy) is 1. The van der Waals surface area contributed by atoms with Gasteiger partial charge in [0, 0.05) is 40.4 Å². The van der Waals surface area contributed by atoms with Crippen LogP contribution in [0.5, 0.6) is 5.75 Å². The van der Waals surface area contributed by atoms with Crippen molar-refractivity contribution in [1.82, 2.24) is 30.1 Å². The molecule has 0 aliphatic rings.